The average molecular weight is 1440 g/mol. The quantitative estimate of drug-likeness (QED) is 0.180. The third-order valence-electron chi connectivity index (χ3n) is 29.3. The second kappa shape index (κ2) is 52.0. The van der Waals surface area contributed by atoms with E-state index in [1.165, 1.54) is 257 Å². The maximum Gasteiger partial charge on any atom is 0.109 e. The van der Waals surface area contributed by atoms with Crippen molar-refractivity contribution in [3.63, 3.8) is 0 Å². The molecule has 5 saturated carbocycles. The smallest absolute Gasteiger partial charge is 0.109 e. The standard InChI is InChI=1S/C92H174O10/c1-66-21-13-29-74(9)82-45-41-78(57-82)33-17-25-70(5)49-53-98-63-86(61-93)100-55-51-72(7)27-19-35-80-43-47-84(59-80)76(11)31-15-23-68(3)39-37-67(2)22-14-30-75(10)83-46-42-79(58-83)34-18-26-71(6)50-54-99-64-87(65-102-92-88(62-94)89(95)90(96)91(92)97)101-56-52-73(8)28-20-36-81-44-48-85(60-81)77(12)32-16-24-69(4)40-38-66/h66-97H,13-65H2,1-12H3/t66-,67-,68-,69-,70+,71+,72+,73+,74+,75+,76+,77+,78?,79?,80?,81?,82?,83?,84?,85?,86+,87-,88?,89?,90?,91?,92?/m0/s1. The highest BCUT2D eigenvalue weighted by Crippen LogP contribution is 2.45. The second-order valence-corrected chi connectivity index (χ2v) is 38.7. The first-order valence-corrected chi connectivity index (χ1v) is 45.4. The van der Waals surface area contributed by atoms with Crippen LogP contribution in [0, 0.1) is 124 Å². The lowest BCUT2D eigenvalue weighted by Gasteiger charge is -2.26. The molecular weight excluding hydrogens is 1270 g/mol. The van der Waals surface area contributed by atoms with Gasteiger partial charge in [-0.1, -0.05) is 289 Å². The number of aliphatic hydroxyl groups is 5. The number of fused-ring (bicyclic) bond motifs is 8. The van der Waals surface area contributed by atoms with Gasteiger partial charge in [-0.15, -0.1) is 0 Å². The second-order valence-electron chi connectivity index (χ2n) is 38.7. The molecule has 0 radical (unpaired) electrons. The van der Waals surface area contributed by atoms with Crippen molar-refractivity contribution in [2.45, 2.75) is 402 Å². The average Bonchev–Trinajstić information content (AvgIpc) is 1.60. The van der Waals surface area contributed by atoms with E-state index in [0.717, 1.165) is 134 Å². The van der Waals surface area contributed by atoms with E-state index in [-0.39, 0.29) is 32.0 Å². The van der Waals surface area contributed by atoms with Crippen molar-refractivity contribution in [2.75, 3.05) is 59.5 Å². The molecule has 0 aromatic rings. The van der Waals surface area contributed by atoms with Crippen molar-refractivity contribution in [2.24, 2.45) is 124 Å². The van der Waals surface area contributed by atoms with Crippen molar-refractivity contribution in [1.29, 1.82) is 0 Å². The van der Waals surface area contributed by atoms with Gasteiger partial charge < -0.3 is 49.2 Å². The molecule has 13 unspecified atom stereocenters. The summed E-state index contributed by atoms with van der Waals surface area (Å²) < 4.78 is 31.3. The van der Waals surface area contributed by atoms with Crippen LogP contribution < -0.4 is 0 Å². The van der Waals surface area contributed by atoms with Gasteiger partial charge in [-0.3, -0.25) is 0 Å². The highest BCUT2D eigenvalue weighted by Gasteiger charge is 2.49. The van der Waals surface area contributed by atoms with Gasteiger partial charge in [0.1, 0.15) is 24.4 Å². The first-order chi connectivity index (χ1) is 49.2. The Hall–Kier alpha value is -0.400. The minimum absolute atomic E-state index is 0.0434. The maximum atomic E-state index is 10.7. The van der Waals surface area contributed by atoms with Gasteiger partial charge in [0.2, 0.25) is 0 Å². The minimum Gasteiger partial charge on any atom is -0.396 e. The normalized spacial score (nSPS) is 42.3. The molecule has 0 aromatic carbocycles. The van der Waals surface area contributed by atoms with Gasteiger partial charge >= 0.3 is 0 Å². The number of hydrogen-bond donors (Lipinski definition) is 5. The van der Waals surface area contributed by atoms with E-state index < -0.39 is 30.3 Å². The van der Waals surface area contributed by atoms with E-state index in [0.29, 0.717) is 50.1 Å². The van der Waals surface area contributed by atoms with Crippen molar-refractivity contribution < 1.29 is 49.2 Å². The van der Waals surface area contributed by atoms with E-state index in [1.54, 1.807) is 0 Å². The predicted octanol–water partition coefficient (Wildman–Crippen LogP) is 22.7. The Morgan fingerprint density at radius 2 is 0.559 bits per heavy atom. The zero-order valence-corrected chi connectivity index (χ0v) is 69.3. The van der Waals surface area contributed by atoms with Crippen molar-refractivity contribution in [3.05, 3.63) is 0 Å². The summed E-state index contributed by atoms with van der Waals surface area (Å²) in [5, 5.41) is 51.8. The fourth-order valence-electron chi connectivity index (χ4n) is 20.9. The molecule has 10 nitrogen and oxygen atoms in total. The van der Waals surface area contributed by atoms with E-state index in [9.17, 15) is 25.5 Å². The van der Waals surface area contributed by atoms with Gasteiger partial charge in [-0.05, 0) is 195 Å². The number of rotatable bonds is 5. The zero-order chi connectivity index (χ0) is 73.6. The van der Waals surface area contributed by atoms with Crippen LogP contribution in [0.15, 0.2) is 0 Å². The van der Waals surface area contributed by atoms with Crippen LogP contribution in [0.3, 0.4) is 0 Å². The van der Waals surface area contributed by atoms with Gasteiger partial charge in [0.15, 0.2) is 0 Å². The fraction of sp³-hybridized carbons (Fsp3) is 1.00. The Bertz CT molecular complexity index is 2030. The largest absolute Gasteiger partial charge is 0.396 e. The van der Waals surface area contributed by atoms with E-state index in [4.69, 9.17) is 23.7 Å². The lowest BCUT2D eigenvalue weighted by Crippen LogP contribution is -2.38. The monoisotopic (exact) mass is 1440 g/mol. The molecule has 6 rings (SSSR count). The summed E-state index contributed by atoms with van der Waals surface area (Å²) in [6.07, 6.45) is 54.5. The third kappa shape index (κ3) is 35.7. The topological polar surface area (TPSA) is 147 Å². The third-order valence-corrected chi connectivity index (χ3v) is 29.3. The molecule has 8 bridgehead atoms. The van der Waals surface area contributed by atoms with Gasteiger partial charge in [0.05, 0.1) is 45.2 Å². The van der Waals surface area contributed by atoms with Gasteiger partial charge in [-0.2, -0.15) is 0 Å². The van der Waals surface area contributed by atoms with Crippen LogP contribution in [0.5, 0.6) is 0 Å². The summed E-state index contributed by atoms with van der Waals surface area (Å²) in [5.41, 5.74) is 0. The number of aliphatic hydroxyl groups excluding tert-OH is 5. The maximum absolute atomic E-state index is 10.7. The van der Waals surface area contributed by atoms with Crippen LogP contribution in [0.25, 0.3) is 0 Å². The minimum atomic E-state index is -1.34. The summed E-state index contributed by atoms with van der Waals surface area (Å²) in [5.74, 6) is 15.9. The first-order valence-electron chi connectivity index (χ1n) is 45.4. The molecule has 5 aliphatic carbocycles. The summed E-state index contributed by atoms with van der Waals surface area (Å²) in [4.78, 5) is 0. The molecule has 1 heterocycles. The number of ether oxygens (including phenoxy) is 5. The Labute approximate surface area is 631 Å². The van der Waals surface area contributed by atoms with Crippen LogP contribution in [-0.4, -0.2) is 122 Å². The molecule has 602 valence electrons. The van der Waals surface area contributed by atoms with Crippen LogP contribution in [-0.2, 0) is 23.7 Å². The molecule has 10 heteroatoms. The lowest BCUT2D eigenvalue weighted by molar-refractivity contribution is -0.118. The van der Waals surface area contributed by atoms with Crippen molar-refractivity contribution >= 4 is 0 Å². The summed E-state index contributed by atoms with van der Waals surface area (Å²) in [6, 6.07) is 0. The Balaban J connectivity index is 0.893. The van der Waals surface area contributed by atoms with Crippen LogP contribution in [0.4, 0.5) is 0 Å². The predicted molar refractivity (Wildman–Crippen MR) is 428 cm³/mol. The molecule has 0 aromatic heterocycles. The molecular formula is C92H174O10. The van der Waals surface area contributed by atoms with Crippen molar-refractivity contribution in [3.8, 4) is 0 Å². The Kier molecular flexibility index (Phi) is 46.1. The molecule has 6 fully saturated rings. The van der Waals surface area contributed by atoms with Gasteiger partial charge in [0.25, 0.3) is 0 Å². The Morgan fingerprint density at radius 1 is 0.275 bits per heavy atom. The molecule has 102 heavy (non-hydrogen) atoms. The molecule has 1 saturated heterocycles. The molecule has 0 amide bonds. The summed E-state index contributed by atoms with van der Waals surface area (Å²) in [7, 11) is 0. The first kappa shape index (κ1) is 90.5. The summed E-state index contributed by atoms with van der Waals surface area (Å²) in [6.45, 7) is 33.5. The molecule has 1 aliphatic heterocycles. The van der Waals surface area contributed by atoms with E-state index in [2.05, 4.69) is 83.1 Å². The van der Waals surface area contributed by atoms with Gasteiger partial charge in [0, 0.05) is 32.3 Å². The Morgan fingerprint density at radius 3 is 0.873 bits per heavy atom. The highest BCUT2D eigenvalue weighted by molar-refractivity contribution is 4.99. The zero-order valence-electron chi connectivity index (χ0n) is 69.3. The lowest BCUT2D eigenvalue weighted by atomic mass is 9.84. The van der Waals surface area contributed by atoms with Gasteiger partial charge in [-0.25, -0.2) is 0 Å². The fourth-order valence-corrected chi connectivity index (χ4v) is 20.9. The number of hydrogen-bond acceptors (Lipinski definition) is 10. The SMILES string of the molecule is C[C@@H]1CCCC2CCC(C2)[C@H](C)CCC[C@H](C)CC[C@@H](C)CCC[C@@H](C)C2CCC(CCC[C@@H](C)CCO[C@H](COC3C(O)C(O)C(O)C3CO)COCC[C@H](C)CCCC3CCC(C3)[C@H](C)CCC[C@H](C)CC[C@@H](C)CCC[C@@H](C)C3CCC(CCC[C@@H](C)CCO[C@H](CO)COCC1)C3)C2. The van der Waals surface area contributed by atoms with E-state index >= 15 is 0 Å². The molecule has 27 atom stereocenters. The van der Waals surface area contributed by atoms with E-state index in [1.807, 2.05) is 0 Å². The van der Waals surface area contributed by atoms with Crippen LogP contribution in [0.2, 0.25) is 0 Å². The van der Waals surface area contributed by atoms with Crippen molar-refractivity contribution in [1.82, 2.24) is 0 Å². The molecule has 5 N–H and O–H groups in total. The summed E-state index contributed by atoms with van der Waals surface area (Å²) >= 11 is 0. The molecule has 0 spiro atoms. The molecule has 6 aliphatic rings. The van der Waals surface area contributed by atoms with Crippen LogP contribution >= 0.6 is 0 Å². The van der Waals surface area contributed by atoms with Crippen LogP contribution in [0.1, 0.15) is 366 Å². The highest BCUT2D eigenvalue weighted by atomic mass is 16.6.